The summed E-state index contributed by atoms with van der Waals surface area (Å²) < 4.78 is 0.516. The summed E-state index contributed by atoms with van der Waals surface area (Å²) >= 11 is 18.5. The Bertz CT molecular complexity index is 790. The summed E-state index contributed by atoms with van der Waals surface area (Å²) in [6.45, 7) is 0. The monoisotopic (exact) mass is 365 g/mol. The van der Waals surface area contributed by atoms with Gasteiger partial charge in [0, 0.05) is 0 Å². The Kier molecular flexibility index (Phi) is 4.54. The fourth-order valence-electron chi connectivity index (χ4n) is 2.02. The van der Waals surface area contributed by atoms with E-state index >= 15 is 0 Å². The first-order valence-corrected chi connectivity index (χ1v) is 8.32. The zero-order valence-corrected chi connectivity index (χ0v) is 14.3. The SMILES string of the molecule is O=C1/C(=C\c2ccc(Cl)c(Cl)c2)SC(=S)N1c1ccccc1. The Morgan fingerprint density at radius 3 is 2.45 bits per heavy atom. The molecular formula is C16H9Cl2NOS2. The van der Waals surface area contributed by atoms with Crippen molar-refractivity contribution in [1.82, 2.24) is 0 Å². The van der Waals surface area contributed by atoms with Crippen molar-refractivity contribution in [1.29, 1.82) is 0 Å². The number of hydrogen-bond acceptors (Lipinski definition) is 3. The Hall–Kier alpha value is -1.33. The lowest BCUT2D eigenvalue weighted by Gasteiger charge is -2.13. The molecule has 0 saturated carbocycles. The van der Waals surface area contributed by atoms with Crippen LogP contribution in [0.1, 0.15) is 5.56 Å². The molecule has 2 aromatic carbocycles. The largest absolute Gasteiger partial charge is 0.270 e. The number of nitrogens with zero attached hydrogens (tertiary/aromatic N) is 1. The second-order valence-corrected chi connectivity index (χ2v) is 7.02. The van der Waals surface area contributed by atoms with Crippen molar-refractivity contribution in [2.45, 2.75) is 0 Å². The topological polar surface area (TPSA) is 20.3 Å². The molecule has 1 fully saturated rings. The van der Waals surface area contributed by atoms with Crippen LogP contribution in [0.5, 0.6) is 0 Å². The third-order valence-electron chi connectivity index (χ3n) is 3.05. The van der Waals surface area contributed by atoms with Crippen molar-refractivity contribution < 1.29 is 4.79 Å². The van der Waals surface area contributed by atoms with Crippen LogP contribution in [0.3, 0.4) is 0 Å². The normalized spacial score (nSPS) is 16.6. The minimum Gasteiger partial charge on any atom is -0.268 e. The number of rotatable bonds is 2. The van der Waals surface area contributed by atoms with Crippen LogP contribution in [-0.4, -0.2) is 10.2 Å². The number of benzene rings is 2. The molecule has 0 unspecified atom stereocenters. The van der Waals surface area contributed by atoms with Crippen LogP contribution in [-0.2, 0) is 4.79 Å². The van der Waals surface area contributed by atoms with Gasteiger partial charge >= 0.3 is 0 Å². The molecule has 22 heavy (non-hydrogen) atoms. The van der Waals surface area contributed by atoms with E-state index in [1.165, 1.54) is 16.7 Å². The number of amides is 1. The van der Waals surface area contributed by atoms with Crippen LogP contribution >= 0.6 is 47.2 Å². The summed E-state index contributed by atoms with van der Waals surface area (Å²) in [5.74, 6) is -0.132. The van der Waals surface area contributed by atoms with Gasteiger partial charge in [-0.05, 0) is 35.9 Å². The Morgan fingerprint density at radius 1 is 1.05 bits per heavy atom. The van der Waals surface area contributed by atoms with E-state index in [1.54, 1.807) is 18.2 Å². The number of hydrogen-bond donors (Lipinski definition) is 0. The molecule has 0 radical (unpaired) electrons. The Balaban J connectivity index is 1.93. The molecule has 1 aliphatic heterocycles. The van der Waals surface area contributed by atoms with E-state index < -0.39 is 0 Å². The van der Waals surface area contributed by atoms with Crippen molar-refractivity contribution in [3.63, 3.8) is 0 Å². The molecule has 1 aliphatic rings. The van der Waals surface area contributed by atoms with Gasteiger partial charge in [0.05, 0.1) is 20.6 Å². The summed E-state index contributed by atoms with van der Waals surface area (Å²) in [7, 11) is 0. The summed E-state index contributed by atoms with van der Waals surface area (Å²) in [5, 5.41) is 0.935. The second-order valence-electron chi connectivity index (χ2n) is 4.53. The van der Waals surface area contributed by atoms with Crippen LogP contribution in [0.25, 0.3) is 6.08 Å². The number of thioether (sulfide) groups is 1. The van der Waals surface area contributed by atoms with E-state index in [4.69, 9.17) is 35.4 Å². The van der Waals surface area contributed by atoms with Crippen molar-refractivity contribution in [3.05, 3.63) is 69.0 Å². The molecule has 2 nitrogen and oxygen atoms in total. The van der Waals surface area contributed by atoms with Gasteiger partial charge in [-0.25, -0.2) is 0 Å². The number of carbonyl (C=O) groups excluding carboxylic acids is 1. The standard InChI is InChI=1S/C16H9Cl2NOS2/c17-12-7-6-10(8-13(12)18)9-14-15(20)19(16(21)22-14)11-4-2-1-3-5-11/h1-9H/b14-9+. The van der Waals surface area contributed by atoms with E-state index in [2.05, 4.69) is 0 Å². The van der Waals surface area contributed by atoms with Gasteiger partial charge in [-0.1, -0.05) is 71.4 Å². The van der Waals surface area contributed by atoms with E-state index in [9.17, 15) is 4.79 Å². The molecular weight excluding hydrogens is 357 g/mol. The highest BCUT2D eigenvalue weighted by atomic mass is 35.5. The summed E-state index contributed by atoms with van der Waals surface area (Å²) in [6, 6.07) is 14.6. The van der Waals surface area contributed by atoms with Gasteiger partial charge < -0.3 is 0 Å². The summed E-state index contributed by atoms with van der Waals surface area (Å²) in [6.07, 6.45) is 1.77. The molecule has 6 heteroatoms. The quantitative estimate of drug-likeness (QED) is 0.524. The first kappa shape index (κ1) is 15.6. The smallest absolute Gasteiger partial charge is 0.268 e. The molecule has 0 aromatic heterocycles. The predicted octanol–water partition coefficient (Wildman–Crippen LogP) is 5.40. The lowest BCUT2D eigenvalue weighted by atomic mass is 10.2. The van der Waals surface area contributed by atoms with E-state index in [-0.39, 0.29) is 5.91 Å². The van der Waals surface area contributed by atoms with Crippen LogP contribution < -0.4 is 4.90 Å². The molecule has 0 bridgehead atoms. The highest BCUT2D eigenvalue weighted by Gasteiger charge is 2.33. The Labute approximate surface area is 147 Å². The van der Waals surface area contributed by atoms with Crippen molar-refractivity contribution in [2.75, 3.05) is 4.90 Å². The van der Waals surface area contributed by atoms with Crippen molar-refractivity contribution >= 4 is 69.2 Å². The van der Waals surface area contributed by atoms with Gasteiger partial charge in [0.2, 0.25) is 0 Å². The summed E-state index contributed by atoms with van der Waals surface area (Å²) in [4.78, 5) is 14.7. The average Bonchev–Trinajstić information content (AvgIpc) is 2.78. The van der Waals surface area contributed by atoms with Crippen LogP contribution in [0.2, 0.25) is 10.0 Å². The molecule has 110 valence electrons. The number of thiocarbonyl (C=S) groups is 1. The molecule has 0 spiro atoms. The highest BCUT2D eigenvalue weighted by Crippen LogP contribution is 2.36. The van der Waals surface area contributed by atoms with Crippen LogP contribution in [0.4, 0.5) is 5.69 Å². The molecule has 0 N–H and O–H groups in total. The highest BCUT2D eigenvalue weighted by molar-refractivity contribution is 8.27. The zero-order chi connectivity index (χ0) is 15.7. The van der Waals surface area contributed by atoms with E-state index in [0.717, 1.165) is 11.3 Å². The third kappa shape index (κ3) is 3.06. The molecule has 1 saturated heterocycles. The van der Waals surface area contributed by atoms with Gasteiger partial charge in [-0.3, -0.25) is 9.69 Å². The van der Waals surface area contributed by atoms with Crippen LogP contribution in [0, 0.1) is 0 Å². The number of halogens is 2. The van der Waals surface area contributed by atoms with Crippen LogP contribution in [0.15, 0.2) is 53.4 Å². The van der Waals surface area contributed by atoms with Crippen molar-refractivity contribution in [3.8, 4) is 0 Å². The van der Waals surface area contributed by atoms with Gasteiger partial charge in [0.1, 0.15) is 0 Å². The zero-order valence-electron chi connectivity index (χ0n) is 11.1. The maximum absolute atomic E-state index is 12.6. The van der Waals surface area contributed by atoms with Gasteiger partial charge in [0.25, 0.3) is 5.91 Å². The molecule has 1 heterocycles. The van der Waals surface area contributed by atoms with Crippen molar-refractivity contribution in [2.24, 2.45) is 0 Å². The molecule has 1 amide bonds. The summed E-state index contributed by atoms with van der Waals surface area (Å²) in [5.41, 5.74) is 1.57. The second kappa shape index (κ2) is 6.42. The molecule has 0 aliphatic carbocycles. The average molecular weight is 366 g/mol. The first-order chi connectivity index (χ1) is 10.6. The van der Waals surface area contributed by atoms with E-state index in [0.29, 0.717) is 19.3 Å². The van der Waals surface area contributed by atoms with Gasteiger partial charge in [-0.15, -0.1) is 0 Å². The maximum Gasteiger partial charge on any atom is 0.270 e. The third-order valence-corrected chi connectivity index (χ3v) is 5.09. The fraction of sp³-hybridized carbons (Fsp3) is 0. The minimum atomic E-state index is -0.132. The van der Waals surface area contributed by atoms with Gasteiger partial charge in [-0.2, -0.15) is 0 Å². The first-order valence-electron chi connectivity index (χ1n) is 6.34. The molecule has 3 rings (SSSR count). The van der Waals surface area contributed by atoms with Gasteiger partial charge in [0.15, 0.2) is 4.32 Å². The maximum atomic E-state index is 12.6. The fourth-order valence-corrected chi connectivity index (χ4v) is 3.63. The lowest BCUT2D eigenvalue weighted by Crippen LogP contribution is -2.27. The number of anilines is 1. The lowest BCUT2D eigenvalue weighted by molar-refractivity contribution is -0.113. The molecule has 2 aromatic rings. The van der Waals surface area contributed by atoms with E-state index in [1.807, 2.05) is 36.4 Å². The molecule has 0 atom stereocenters. The minimum absolute atomic E-state index is 0.132. The predicted molar refractivity (Wildman–Crippen MR) is 98.6 cm³/mol. The Morgan fingerprint density at radius 2 is 1.77 bits per heavy atom. The number of para-hydroxylation sites is 1. The number of carbonyl (C=O) groups is 1.